The summed E-state index contributed by atoms with van der Waals surface area (Å²) < 4.78 is 27.7. The second-order valence-electron chi connectivity index (χ2n) is 7.50. The standard InChI is InChI=1S/C19H23FN4O2/c20-15-4-2-1-3-14(15)19-17-12-26-18-11-23(9-13-5-7-25-8-6-13)10-16(18)24(17)22-21-19/h1-4,13,16,18H,5-12H2/t16-,18-/m1/s1. The maximum atomic E-state index is 14.2. The maximum absolute atomic E-state index is 14.2. The molecule has 0 radical (unpaired) electrons. The molecule has 0 N–H and O–H groups in total. The second kappa shape index (κ2) is 6.72. The van der Waals surface area contributed by atoms with Crippen LogP contribution in [0.5, 0.6) is 0 Å². The van der Waals surface area contributed by atoms with Crippen LogP contribution in [0.15, 0.2) is 24.3 Å². The first kappa shape index (κ1) is 16.4. The SMILES string of the molecule is Fc1ccccc1-c1nnn2c1CO[C@@H]1CN(CC3CCOCC3)C[C@H]12. The van der Waals surface area contributed by atoms with Crippen LogP contribution in [0.1, 0.15) is 24.6 Å². The Morgan fingerprint density at radius 3 is 2.85 bits per heavy atom. The van der Waals surface area contributed by atoms with Gasteiger partial charge in [-0.25, -0.2) is 9.07 Å². The highest BCUT2D eigenvalue weighted by molar-refractivity contribution is 5.62. The molecule has 2 aromatic rings. The van der Waals surface area contributed by atoms with E-state index >= 15 is 0 Å². The van der Waals surface area contributed by atoms with Crippen LogP contribution in [0.4, 0.5) is 4.39 Å². The van der Waals surface area contributed by atoms with Crippen molar-refractivity contribution in [1.29, 1.82) is 0 Å². The van der Waals surface area contributed by atoms with Gasteiger partial charge in [0, 0.05) is 38.4 Å². The smallest absolute Gasteiger partial charge is 0.132 e. The Bertz CT molecular complexity index is 790. The molecule has 0 spiro atoms. The zero-order valence-corrected chi connectivity index (χ0v) is 14.7. The van der Waals surface area contributed by atoms with E-state index in [9.17, 15) is 4.39 Å². The molecule has 1 aromatic heterocycles. The van der Waals surface area contributed by atoms with Crippen molar-refractivity contribution in [2.75, 3.05) is 32.8 Å². The van der Waals surface area contributed by atoms with Gasteiger partial charge < -0.3 is 9.47 Å². The number of nitrogens with zero attached hydrogens (tertiary/aromatic N) is 4. The average Bonchev–Trinajstić information content (AvgIpc) is 3.26. The van der Waals surface area contributed by atoms with Crippen LogP contribution >= 0.6 is 0 Å². The molecular weight excluding hydrogens is 335 g/mol. The Labute approximate surface area is 151 Å². The number of benzene rings is 1. The molecule has 3 aliphatic heterocycles. The second-order valence-corrected chi connectivity index (χ2v) is 7.50. The third kappa shape index (κ3) is 2.84. The molecule has 3 aliphatic rings. The summed E-state index contributed by atoms with van der Waals surface area (Å²) >= 11 is 0. The fraction of sp³-hybridized carbons (Fsp3) is 0.579. The molecule has 5 rings (SSSR count). The van der Waals surface area contributed by atoms with Gasteiger partial charge in [-0.3, -0.25) is 4.90 Å². The normalized spacial score (nSPS) is 26.7. The van der Waals surface area contributed by atoms with Gasteiger partial charge in [-0.1, -0.05) is 17.3 Å². The molecule has 26 heavy (non-hydrogen) atoms. The minimum atomic E-state index is -0.273. The van der Waals surface area contributed by atoms with Crippen molar-refractivity contribution >= 4 is 0 Å². The lowest BCUT2D eigenvalue weighted by Gasteiger charge is -2.26. The van der Waals surface area contributed by atoms with E-state index in [0.29, 0.717) is 23.8 Å². The van der Waals surface area contributed by atoms with E-state index in [4.69, 9.17) is 9.47 Å². The van der Waals surface area contributed by atoms with Crippen molar-refractivity contribution in [2.24, 2.45) is 5.92 Å². The molecule has 4 heterocycles. The van der Waals surface area contributed by atoms with Gasteiger partial charge in [0.25, 0.3) is 0 Å². The van der Waals surface area contributed by atoms with Gasteiger partial charge in [-0.05, 0) is 30.9 Å². The van der Waals surface area contributed by atoms with Crippen molar-refractivity contribution in [3.05, 3.63) is 35.8 Å². The largest absolute Gasteiger partial charge is 0.381 e. The zero-order valence-electron chi connectivity index (χ0n) is 14.7. The van der Waals surface area contributed by atoms with Crippen LogP contribution in [-0.2, 0) is 16.1 Å². The molecule has 0 saturated carbocycles. The minimum Gasteiger partial charge on any atom is -0.381 e. The van der Waals surface area contributed by atoms with E-state index < -0.39 is 0 Å². The summed E-state index contributed by atoms with van der Waals surface area (Å²) in [6.45, 7) is 5.11. The zero-order chi connectivity index (χ0) is 17.5. The third-order valence-corrected chi connectivity index (χ3v) is 5.84. The quantitative estimate of drug-likeness (QED) is 0.842. The first-order valence-corrected chi connectivity index (χ1v) is 9.40. The number of ether oxygens (including phenoxy) is 2. The summed E-state index contributed by atoms with van der Waals surface area (Å²) in [5, 5.41) is 8.66. The predicted molar refractivity (Wildman–Crippen MR) is 93.0 cm³/mol. The first-order valence-electron chi connectivity index (χ1n) is 9.40. The van der Waals surface area contributed by atoms with Crippen LogP contribution < -0.4 is 0 Å². The van der Waals surface area contributed by atoms with E-state index in [1.807, 2.05) is 10.7 Å². The fourth-order valence-electron chi connectivity index (χ4n) is 4.44. The highest BCUT2D eigenvalue weighted by Crippen LogP contribution is 2.35. The molecular formula is C19H23FN4O2. The van der Waals surface area contributed by atoms with Crippen LogP contribution in [0.2, 0.25) is 0 Å². The lowest BCUT2D eigenvalue weighted by atomic mass is 10.00. The van der Waals surface area contributed by atoms with Crippen LogP contribution in [0, 0.1) is 11.7 Å². The van der Waals surface area contributed by atoms with Gasteiger partial charge in [0.15, 0.2) is 0 Å². The average molecular weight is 358 g/mol. The van der Waals surface area contributed by atoms with Crippen molar-refractivity contribution in [3.63, 3.8) is 0 Å². The van der Waals surface area contributed by atoms with Crippen LogP contribution in [0.3, 0.4) is 0 Å². The van der Waals surface area contributed by atoms with Gasteiger partial charge in [-0.15, -0.1) is 5.10 Å². The lowest BCUT2D eigenvalue weighted by Crippen LogP contribution is -2.32. The van der Waals surface area contributed by atoms with Crippen molar-refractivity contribution < 1.29 is 13.9 Å². The van der Waals surface area contributed by atoms with Crippen LogP contribution in [0.25, 0.3) is 11.3 Å². The molecule has 2 atom stereocenters. The molecule has 0 aliphatic carbocycles. The third-order valence-electron chi connectivity index (χ3n) is 5.84. The molecule has 6 nitrogen and oxygen atoms in total. The van der Waals surface area contributed by atoms with Gasteiger partial charge in [-0.2, -0.15) is 0 Å². The highest BCUT2D eigenvalue weighted by Gasteiger charge is 2.41. The molecule has 0 unspecified atom stereocenters. The highest BCUT2D eigenvalue weighted by atomic mass is 19.1. The van der Waals surface area contributed by atoms with E-state index in [0.717, 1.165) is 51.4 Å². The number of aromatic nitrogens is 3. The molecule has 2 fully saturated rings. The summed E-state index contributed by atoms with van der Waals surface area (Å²) in [4.78, 5) is 2.48. The molecule has 7 heteroatoms. The van der Waals surface area contributed by atoms with E-state index in [1.54, 1.807) is 12.1 Å². The fourth-order valence-corrected chi connectivity index (χ4v) is 4.44. The molecule has 138 valence electrons. The Morgan fingerprint density at radius 1 is 1.15 bits per heavy atom. The Hall–Kier alpha value is -1.83. The summed E-state index contributed by atoms with van der Waals surface area (Å²) in [6.07, 6.45) is 2.41. The molecule has 2 saturated heterocycles. The van der Waals surface area contributed by atoms with Crippen molar-refractivity contribution in [1.82, 2.24) is 19.9 Å². The molecule has 0 bridgehead atoms. The Morgan fingerprint density at radius 2 is 2.00 bits per heavy atom. The minimum absolute atomic E-state index is 0.137. The first-order chi connectivity index (χ1) is 12.8. The van der Waals surface area contributed by atoms with E-state index in [-0.39, 0.29) is 18.0 Å². The maximum Gasteiger partial charge on any atom is 0.132 e. The summed E-state index contributed by atoms with van der Waals surface area (Å²) in [6, 6.07) is 6.87. The number of fused-ring (bicyclic) bond motifs is 3. The van der Waals surface area contributed by atoms with E-state index in [1.165, 1.54) is 6.07 Å². The van der Waals surface area contributed by atoms with E-state index in [2.05, 4.69) is 15.2 Å². The van der Waals surface area contributed by atoms with Crippen molar-refractivity contribution in [3.8, 4) is 11.3 Å². The van der Waals surface area contributed by atoms with Crippen LogP contribution in [-0.4, -0.2) is 58.8 Å². The van der Waals surface area contributed by atoms with Gasteiger partial charge in [0.1, 0.15) is 11.5 Å². The van der Waals surface area contributed by atoms with Crippen molar-refractivity contribution in [2.45, 2.75) is 31.6 Å². The Kier molecular flexibility index (Phi) is 4.23. The predicted octanol–water partition coefficient (Wildman–Crippen LogP) is 2.27. The van der Waals surface area contributed by atoms with Gasteiger partial charge >= 0.3 is 0 Å². The monoisotopic (exact) mass is 358 g/mol. The van der Waals surface area contributed by atoms with Gasteiger partial charge in [0.05, 0.1) is 24.4 Å². The van der Waals surface area contributed by atoms with Gasteiger partial charge in [0.2, 0.25) is 0 Å². The molecule has 0 amide bonds. The molecule has 1 aromatic carbocycles. The summed E-state index contributed by atoms with van der Waals surface area (Å²) in [5.41, 5.74) is 1.97. The summed E-state index contributed by atoms with van der Waals surface area (Å²) in [5.74, 6) is 0.429. The number of hydrogen-bond acceptors (Lipinski definition) is 5. The lowest BCUT2D eigenvalue weighted by molar-refractivity contribution is -0.00572. The number of rotatable bonds is 3. The number of likely N-dealkylation sites (tertiary alicyclic amines) is 1. The number of hydrogen-bond donors (Lipinski definition) is 0. The Balaban J connectivity index is 1.36. The topological polar surface area (TPSA) is 52.4 Å². The number of halogens is 1. The summed E-state index contributed by atoms with van der Waals surface area (Å²) in [7, 11) is 0.